The van der Waals surface area contributed by atoms with E-state index in [1.807, 2.05) is 6.92 Å². The molecule has 0 aliphatic carbocycles. The van der Waals surface area contributed by atoms with Gasteiger partial charge in [0, 0.05) is 13.1 Å². The maximum atomic E-state index is 12.0. The molecule has 1 heterocycles. The summed E-state index contributed by atoms with van der Waals surface area (Å²) >= 11 is 0. The van der Waals surface area contributed by atoms with E-state index in [1.165, 1.54) is 0 Å². The summed E-state index contributed by atoms with van der Waals surface area (Å²) in [5.41, 5.74) is -0.896. The first-order valence-corrected chi connectivity index (χ1v) is 5.41. The van der Waals surface area contributed by atoms with Crippen molar-refractivity contribution < 1.29 is 14.3 Å². The second-order valence-corrected chi connectivity index (χ2v) is 4.54. The molecule has 0 aliphatic rings. The molecular formula is C12H19NO3. The summed E-state index contributed by atoms with van der Waals surface area (Å²) in [6.45, 7) is 7.86. The lowest BCUT2D eigenvalue weighted by molar-refractivity contribution is 0.0298. The zero-order chi connectivity index (χ0) is 12.3. The van der Waals surface area contributed by atoms with E-state index in [0.717, 1.165) is 0 Å². The number of hydrogen-bond acceptors (Lipinski definition) is 3. The zero-order valence-corrected chi connectivity index (χ0v) is 10.3. The Morgan fingerprint density at radius 2 is 2.12 bits per heavy atom. The van der Waals surface area contributed by atoms with Gasteiger partial charge in [-0.1, -0.05) is 0 Å². The topological polar surface area (TPSA) is 53.7 Å². The summed E-state index contributed by atoms with van der Waals surface area (Å²) in [6.07, 6.45) is 0. The number of furan rings is 1. The van der Waals surface area contributed by atoms with Gasteiger partial charge in [-0.2, -0.15) is 0 Å². The normalized spacial score (nSPS) is 11.6. The van der Waals surface area contributed by atoms with Crippen LogP contribution in [0, 0.1) is 6.92 Å². The highest BCUT2D eigenvalue weighted by molar-refractivity contribution is 5.91. The van der Waals surface area contributed by atoms with Crippen molar-refractivity contribution in [2.24, 2.45) is 0 Å². The fourth-order valence-electron chi connectivity index (χ4n) is 1.50. The number of amides is 1. The second kappa shape index (κ2) is 4.70. The summed E-state index contributed by atoms with van der Waals surface area (Å²) in [4.78, 5) is 13.6. The predicted molar refractivity (Wildman–Crippen MR) is 61.3 cm³/mol. The molecule has 0 spiro atoms. The molecule has 0 unspecified atom stereocenters. The summed E-state index contributed by atoms with van der Waals surface area (Å²) in [5, 5.41) is 9.70. The Bertz CT molecular complexity index is 363. The van der Waals surface area contributed by atoms with E-state index in [9.17, 15) is 9.90 Å². The molecule has 1 rings (SSSR count). The summed E-state index contributed by atoms with van der Waals surface area (Å²) in [5.74, 6) is 0.851. The maximum absolute atomic E-state index is 12.0. The van der Waals surface area contributed by atoms with Crippen LogP contribution in [0.1, 0.15) is 37.1 Å². The van der Waals surface area contributed by atoms with Gasteiger partial charge in [0.05, 0.1) is 5.60 Å². The minimum atomic E-state index is -0.896. The molecule has 1 N–H and O–H groups in total. The van der Waals surface area contributed by atoms with Crippen LogP contribution in [-0.4, -0.2) is 34.6 Å². The van der Waals surface area contributed by atoms with E-state index < -0.39 is 5.60 Å². The lowest BCUT2D eigenvalue weighted by atomic mass is 10.1. The minimum absolute atomic E-state index is 0.183. The first-order chi connectivity index (χ1) is 7.33. The third-order valence-electron chi connectivity index (χ3n) is 2.20. The van der Waals surface area contributed by atoms with Crippen LogP contribution in [0.5, 0.6) is 0 Å². The maximum Gasteiger partial charge on any atom is 0.289 e. The van der Waals surface area contributed by atoms with Crippen molar-refractivity contribution in [3.05, 3.63) is 23.7 Å². The fraction of sp³-hybridized carbons (Fsp3) is 0.583. The monoisotopic (exact) mass is 225 g/mol. The lowest BCUT2D eigenvalue weighted by Gasteiger charge is -2.27. The van der Waals surface area contributed by atoms with Gasteiger partial charge in [-0.3, -0.25) is 4.79 Å². The molecule has 0 fully saturated rings. The van der Waals surface area contributed by atoms with Crippen LogP contribution in [0.15, 0.2) is 16.5 Å². The molecule has 0 atom stereocenters. The first kappa shape index (κ1) is 12.8. The van der Waals surface area contributed by atoms with E-state index in [-0.39, 0.29) is 5.91 Å². The molecule has 4 nitrogen and oxygen atoms in total. The predicted octanol–water partition coefficient (Wildman–Crippen LogP) is 1.82. The van der Waals surface area contributed by atoms with Crippen LogP contribution >= 0.6 is 0 Å². The number of carbonyl (C=O) groups excluding carboxylic acids is 1. The molecular weight excluding hydrogens is 206 g/mol. The van der Waals surface area contributed by atoms with Gasteiger partial charge in [0.15, 0.2) is 5.76 Å². The standard InChI is InChI=1S/C12H19NO3/c1-5-13(8-12(3,4)15)11(14)10-7-6-9(2)16-10/h6-7,15H,5,8H2,1-4H3. The van der Waals surface area contributed by atoms with Crippen LogP contribution in [0.25, 0.3) is 0 Å². The Kier molecular flexibility index (Phi) is 3.75. The third-order valence-corrected chi connectivity index (χ3v) is 2.20. The van der Waals surface area contributed by atoms with Gasteiger partial charge in [-0.05, 0) is 39.8 Å². The van der Waals surface area contributed by atoms with Crippen LogP contribution in [0.3, 0.4) is 0 Å². The highest BCUT2D eigenvalue weighted by atomic mass is 16.4. The Balaban J connectivity index is 2.78. The van der Waals surface area contributed by atoms with Crippen LogP contribution in [0.2, 0.25) is 0 Å². The molecule has 1 aromatic heterocycles. The van der Waals surface area contributed by atoms with Crippen molar-refractivity contribution in [1.29, 1.82) is 0 Å². The Labute approximate surface area is 95.9 Å². The molecule has 90 valence electrons. The van der Waals surface area contributed by atoms with Crippen LogP contribution in [0.4, 0.5) is 0 Å². The van der Waals surface area contributed by atoms with Gasteiger partial charge in [-0.25, -0.2) is 0 Å². The Hall–Kier alpha value is -1.29. The fourth-order valence-corrected chi connectivity index (χ4v) is 1.50. The van der Waals surface area contributed by atoms with Crippen molar-refractivity contribution in [1.82, 2.24) is 4.90 Å². The van der Waals surface area contributed by atoms with Crippen LogP contribution in [-0.2, 0) is 0 Å². The number of aliphatic hydroxyl groups is 1. The molecule has 0 bridgehead atoms. The van der Waals surface area contributed by atoms with E-state index in [1.54, 1.807) is 37.8 Å². The van der Waals surface area contributed by atoms with Crippen LogP contribution < -0.4 is 0 Å². The molecule has 4 heteroatoms. The van der Waals surface area contributed by atoms with Crippen molar-refractivity contribution in [3.63, 3.8) is 0 Å². The minimum Gasteiger partial charge on any atom is -0.456 e. The van der Waals surface area contributed by atoms with Crippen molar-refractivity contribution in [2.75, 3.05) is 13.1 Å². The highest BCUT2D eigenvalue weighted by Gasteiger charge is 2.23. The summed E-state index contributed by atoms with van der Waals surface area (Å²) in [7, 11) is 0. The second-order valence-electron chi connectivity index (χ2n) is 4.54. The number of nitrogens with zero attached hydrogens (tertiary/aromatic N) is 1. The summed E-state index contributed by atoms with van der Waals surface area (Å²) in [6, 6.07) is 3.41. The van der Waals surface area contributed by atoms with E-state index in [4.69, 9.17) is 4.42 Å². The third kappa shape index (κ3) is 3.38. The van der Waals surface area contributed by atoms with E-state index in [2.05, 4.69) is 0 Å². The average Bonchev–Trinajstić information content (AvgIpc) is 2.58. The van der Waals surface area contributed by atoms with Gasteiger partial charge in [0.2, 0.25) is 0 Å². The SMILES string of the molecule is CCN(CC(C)(C)O)C(=O)c1ccc(C)o1. The average molecular weight is 225 g/mol. The highest BCUT2D eigenvalue weighted by Crippen LogP contribution is 2.12. The van der Waals surface area contributed by atoms with Gasteiger partial charge in [0.1, 0.15) is 5.76 Å². The quantitative estimate of drug-likeness (QED) is 0.850. The van der Waals surface area contributed by atoms with Gasteiger partial charge < -0.3 is 14.4 Å². The number of carbonyl (C=O) groups is 1. The molecule has 16 heavy (non-hydrogen) atoms. The Morgan fingerprint density at radius 1 is 1.50 bits per heavy atom. The largest absolute Gasteiger partial charge is 0.456 e. The first-order valence-electron chi connectivity index (χ1n) is 5.41. The molecule has 0 radical (unpaired) electrons. The van der Waals surface area contributed by atoms with Gasteiger partial charge >= 0.3 is 0 Å². The van der Waals surface area contributed by atoms with Crippen molar-refractivity contribution in [3.8, 4) is 0 Å². The molecule has 0 aromatic carbocycles. The lowest BCUT2D eigenvalue weighted by Crippen LogP contribution is -2.42. The number of likely N-dealkylation sites (N-methyl/N-ethyl adjacent to an activating group) is 1. The smallest absolute Gasteiger partial charge is 0.289 e. The van der Waals surface area contributed by atoms with Gasteiger partial charge in [0.25, 0.3) is 5.91 Å². The number of rotatable bonds is 4. The van der Waals surface area contributed by atoms with E-state index >= 15 is 0 Å². The number of hydrogen-bond donors (Lipinski definition) is 1. The van der Waals surface area contributed by atoms with Gasteiger partial charge in [-0.15, -0.1) is 0 Å². The summed E-state index contributed by atoms with van der Waals surface area (Å²) < 4.78 is 5.27. The molecule has 0 saturated carbocycles. The molecule has 1 amide bonds. The molecule has 0 aliphatic heterocycles. The van der Waals surface area contributed by atoms with Crippen molar-refractivity contribution in [2.45, 2.75) is 33.3 Å². The molecule has 1 aromatic rings. The van der Waals surface area contributed by atoms with Crippen molar-refractivity contribution >= 4 is 5.91 Å². The zero-order valence-electron chi connectivity index (χ0n) is 10.3. The Morgan fingerprint density at radius 3 is 2.50 bits per heavy atom. The number of aryl methyl sites for hydroxylation is 1. The van der Waals surface area contributed by atoms with E-state index in [0.29, 0.717) is 24.6 Å². The molecule has 0 saturated heterocycles.